The lowest BCUT2D eigenvalue weighted by Gasteiger charge is -2.56. The van der Waals surface area contributed by atoms with Crippen LogP contribution in [0.4, 0.5) is 0 Å². The fourth-order valence-electron chi connectivity index (χ4n) is 5.27. The summed E-state index contributed by atoms with van der Waals surface area (Å²) in [6.45, 7) is 0. The minimum absolute atomic E-state index is 0.120. The van der Waals surface area contributed by atoms with Crippen LogP contribution in [0.2, 0.25) is 0 Å². The maximum absolute atomic E-state index is 12.5. The molecule has 4 aliphatic rings. The lowest BCUT2D eigenvalue weighted by molar-refractivity contribution is -0.0168. The number of carbonyl (C=O) groups excluding carboxylic acids is 1. The van der Waals surface area contributed by atoms with E-state index in [4.69, 9.17) is 0 Å². The first-order valence-electron chi connectivity index (χ1n) is 7.57. The van der Waals surface area contributed by atoms with E-state index in [0.29, 0.717) is 0 Å². The highest BCUT2D eigenvalue weighted by atomic mass is 16.2. The first kappa shape index (κ1) is 11.6. The molecule has 0 radical (unpaired) electrons. The Balaban J connectivity index is 1.56. The first-order chi connectivity index (χ1) is 9.13. The summed E-state index contributed by atoms with van der Waals surface area (Å²) in [5, 5.41) is 3.41. The lowest BCUT2D eigenvalue weighted by atomic mass is 9.53. The number of aromatic nitrogens is 1. The van der Waals surface area contributed by atoms with Crippen LogP contribution in [0.15, 0.2) is 18.3 Å². The van der Waals surface area contributed by atoms with E-state index in [-0.39, 0.29) is 11.4 Å². The molecular formula is C16H22N2O. The molecule has 3 heteroatoms. The molecule has 1 aromatic rings. The van der Waals surface area contributed by atoms with Gasteiger partial charge in [-0.3, -0.25) is 4.79 Å². The van der Waals surface area contributed by atoms with E-state index in [1.165, 1.54) is 38.5 Å². The van der Waals surface area contributed by atoms with Crippen molar-refractivity contribution in [1.29, 1.82) is 0 Å². The third-order valence-corrected chi connectivity index (χ3v) is 5.59. The summed E-state index contributed by atoms with van der Waals surface area (Å²) in [6.07, 6.45) is 9.84. The summed E-state index contributed by atoms with van der Waals surface area (Å²) in [4.78, 5) is 12.5. The van der Waals surface area contributed by atoms with Gasteiger partial charge < -0.3 is 9.88 Å². The second-order valence-corrected chi connectivity index (χ2v) is 7.16. The van der Waals surface area contributed by atoms with E-state index in [1.807, 2.05) is 29.9 Å². The van der Waals surface area contributed by atoms with E-state index < -0.39 is 0 Å². The van der Waals surface area contributed by atoms with E-state index in [2.05, 4.69) is 5.32 Å². The predicted molar refractivity (Wildman–Crippen MR) is 73.8 cm³/mol. The van der Waals surface area contributed by atoms with Crippen LogP contribution in [0.3, 0.4) is 0 Å². The normalized spacial score (nSPS) is 39.5. The van der Waals surface area contributed by atoms with Crippen molar-refractivity contribution in [2.45, 2.75) is 44.1 Å². The minimum atomic E-state index is 0.120. The topological polar surface area (TPSA) is 34.0 Å². The maximum Gasteiger partial charge on any atom is 0.268 e. The fraction of sp³-hybridized carbons (Fsp3) is 0.688. The number of rotatable bonds is 2. The molecule has 1 aromatic heterocycles. The SMILES string of the molecule is Cn1cccc1C(=O)NC12CC3CC(CC(C3)C1)C2. The molecule has 19 heavy (non-hydrogen) atoms. The molecule has 4 bridgehead atoms. The molecule has 0 aromatic carbocycles. The zero-order valence-corrected chi connectivity index (χ0v) is 11.6. The fourth-order valence-corrected chi connectivity index (χ4v) is 5.27. The van der Waals surface area contributed by atoms with Gasteiger partial charge in [-0.25, -0.2) is 0 Å². The number of hydrogen-bond donors (Lipinski definition) is 1. The van der Waals surface area contributed by atoms with Gasteiger partial charge in [0.15, 0.2) is 0 Å². The molecule has 1 amide bonds. The van der Waals surface area contributed by atoms with E-state index in [0.717, 1.165) is 23.4 Å². The number of hydrogen-bond acceptors (Lipinski definition) is 1. The van der Waals surface area contributed by atoms with Gasteiger partial charge in [-0.1, -0.05) is 0 Å². The largest absolute Gasteiger partial charge is 0.347 e. The number of aryl methyl sites for hydroxylation is 1. The summed E-state index contributed by atoms with van der Waals surface area (Å²) in [5.41, 5.74) is 0.909. The highest BCUT2D eigenvalue weighted by Crippen LogP contribution is 2.55. The van der Waals surface area contributed by atoms with Crippen LogP contribution in [-0.2, 0) is 7.05 Å². The van der Waals surface area contributed by atoms with Gasteiger partial charge in [0.05, 0.1) is 0 Å². The monoisotopic (exact) mass is 258 g/mol. The van der Waals surface area contributed by atoms with Gasteiger partial charge in [0.1, 0.15) is 5.69 Å². The third kappa shape index (κ3) is 1.82. The summed E-state index contributed by atoms with van der Waals surface area (Å²) in [5.74, 6) is 2.74. The predicted octanol–water partition coefficient (Wildman–Crippen LogP) is 2.72. The molecule has 0 unspecified atom stereocenters. The average Bonchev–Trinajstić information content (AvgIpc) is 2.72. The Kier molecular flexibility index (Phi) is 2.36. The Bertz CT molecular complexity index is 481. The van der Waals surface area contributed by atoms with Crippen LogP contribution in [-0.4, -0.2) is 16.0 Å². The van der Waals surface area contributed by atoms with Gasteiger partial charge in [0, 0.05) is 18.8 Å². The molecular weight excluding hydrogens is 236 g/mol. The molecule has 3 nitrogen and oxygen atoms in total. The first-order valence-corrected chi connectivity index (χ1v) is 7.57. The second kappa shape index (κ2) is 3.87. The van der Waals surface area contributed by atoms with Gasteiger partial charge in [-0.15, -0.1) is 0 Å². The van der Waals surface area contributed by atoms with Crippen LogP contribution >= 0.6 is 0 Å². The number of nitrogens with one attached hydrogen (secondary N) is 1. The average molecular weight is 258 g/mol. The number of nitrogens with zero attached hydrogens (tertiary/aromatic N) is 1. The van der Waals surface area contributed by atoms with Crippen molar-refractivity contribution in [3.8, 4) is 0 Å². The molecule has 0 spiro atoms. The van der Waals surface area contributed by atoms with Crippen LogP contribution in [0.1, 0.15) is 49.0 Å². The molecule has 1 heterocycles. The van der Waals surface area contributed by atoms with Gasteiger partial charge in [-0.2, -0.15) is 0 Å². The van der Waals surface area contributed by atoms with Crippen molar-refractivity contribution in [1.82, 2.24) is 9.88 Å². The molecule has 4 saturated carbocycles. The smallest absolute Gasteiger partial charge is 0.268 e. The van der Waals surface area contributed by atoms with Crippen LogP contribution in [0.5, 0.6) is 0 Å². The summed E-state index contributed by atoms with van der Waals surface area (Å²) >= 11 is 0. The number of amides is 1. The van der Waals surface area contributed by atoms with Crippen molar-refractivity contribution < 1.29 is 4.79 Å². The zero-order chi connectivity index (χ0) is 13.0. The quantitative estimate of drug-likeness (QED) is 0.869. The van der Waals surface area contributed by atoms with Crippen molar-refractivity contribution in [3.63, 3.8) is 0 Å². The summed E-state index contributed by atoms with van der Waals surface area (Å²) in [6, 6.07) is 3.85. The third-order valence-electron chi connectivity index (χ3n) is 5.59. The van der Waals surface area contributed by atoms with Gasteiger partial charge in [0.25, 0.3) is 5.91 Å². The lowest BCUT2D eigenvalue weighted by Crippen LogP contribution is -2.60. The van der Waals surface area contributed by atoms with Crippen molar-refractivity contribution in [3.05, 3.63) is 24.0 Å². The van der Waals surface area contributed by atoms with E-state index in [1.54, 1.807) is 0 Å². The summed E-state index contributed by atoms with van der Waals surface area (Å²) in [7, 11) is 1.94. The Morgan fingerprint density at radius 3 is 2.26 bits per heavy atom. The molecule has 0 saturated heterocycles. The van der Waals surface area contributed by atoms with Gasteiger partial charge in [0.2, 0.25) is 0 Å². The Morgan fingerprint density at radius 1 is 1.21 bits per heavy atom. The second-order valence-electron chi connectivity index (χ2n) is 7.16. The van der Waals surface area contributed by atoms with Crippen molar-refractivity contribution in [2.24, 2.45) is 24.8 Å². The van der Waals surface area contributed by atoms with Crippen molar-refractivity contribution in [2.75, 3.05) is 0 Å². The molecule has 102 valence electrons. The molecule has 1 N–H and O–H groups in total. The van der Waals surface area contributed by atoms with E-state index in [9.17, 15) is 4.79 Å². The van der Waals surface area contributed by atoms with Gasteiger partial charge in [-0.05, 0) is 68.4 Å². The Morgan fingerprint density at radius 2 is 1.79 bits per heavy atom. The Labute approximate surface area is 114 Å². The zero-order valence-electron chi connectivity index (χ0n) is 11.6. The van der Waals surface area contributed by atoms with Crippen LogP contribution < -0.4 is 5.32 Å². The van der Waals surface area contributed by atoms with Gasteiger partial charge >= 0.3 is 0 Å². The molecule has 5 rings (SSSR count). The highest BCUT2D eigenvalue weighted by Gasteiger charge is 2.51. The van der Waals surface area contributed by atoms with E-state index >= 15 is 0 Å². The Hall–Kier alpha value is -1.25. The maximum atomic E-state index is 12.5. The molecule has 4 aliphatic carbocycles. The minimum Gasteiger partial charge on any atom is -0.347 e. The van der Waals surface area contributed by atoms with Crippen LogP contribution in [0.25, 0.3) is 0 Å². The van der Waals surface area contributed by atoms with Crippen molar-refractivity contribution >= 4 is 5.91 Å². The summed E-state index contributed by atoms with van der Waals surface area (Å²) < 4.78 is 1.91. The molecule has 0 atom stereocenters. The molecule has 4 fully saturated rings. The number of carbonyl (C=O) groups is 1. The standard InChI is InChI=1S/C16H22N2O/c1-18-4-2-3-14(18)15(19)17-16-8-11-5-12(9-16)7-13(6-11)10-16/h2-4,11-13H,5-10H2,1H3,(H,17,19). The molecule has 0 aliphatic heterocycles. The highest BCUT2D eigenvalue weighted by molar-refractivity contribution is 5.93. The van der Waals surface area contributed by atoms with Crippen LogP contribution in [0, 0.1) is 17.8 Å².